The lowest BCUT2D eigenvalue weighted by Gasteiger charge is -2.10. The molecule has 0 bridgehead atoms. The van der Waals surface area contributed by atoms with Gasteiger partial charge >= 0.3 is 5.97 Å². The number of carbonyl (C=O) groups is 1. The molecule has 1 aromatic heterocycles. The lowest BCUT2D eigenvalue weighted by molar-refractivity contribution is -0.702. The number of carboxylic acid groups (broad SMARTS) is 1. The molecular weight excluding hydrogens is 282 g/mol. The monoisotopic (exact) mass is 302 g/mol. The first-order valence-corrected chi connectivity index (χ1v) is 7.18. The van der Waals surface area contributed by atoms with Crippen LogP contribution < -0.4 is 9.30 Å². The third kappa shape index (κ3) is 4.22. The van der Waals surface area contributed by atoms with Crippen LogP contribution in [0.25, 0.3) is 0 Å². The van der Waals surface area contributed by atoms with Gasteiger partial charge in [-0.1, -0.05) is 30.3 Å². The van der Waals surface area contributed by atoms with E-state index in [-0.39, 0.29) is 12.2 Å². The number of ether oxygens (including phenoxy) is 1. The first-order chi connectivity index (χ1) is 10.6. The van der Waals surface area contributed by atoms with Gasteiger partial charge in [0.05, 0.1) is 6.61 Å². The summed E-state index contributed by atoms with van der Waals surface area (Å²) in [6.45, 7) is 2.59. The van der Waals surface area contributed by atoms with Gasteiger partial charge in [0.25, 0.3) is 0 Å². The molecule has 0 atom stereocenters. The van der Waals surface area contributed by atoms with Gasteiger partial charge in [-0.3, -0.25) is 4.79 Å². The first kappa shape index (κ1) is 15.8. The van der Waals surface area contributed by atoms with Gasteiger partial charge < -0.3 is 14.9 Å². The van der Waals surface area contributed by atoms with E-state index in [1.54, 1.807) is 17.7 Å². The van der Waals surface area contributed by atoms with E-state index in [1.165, 1.54) is 6.07 Å². The van der Waals surface area contributed by atoms with E-state index in [2.05, 4.69) is 0 Å². The Kier molecular flexibility index (Phi) is 5.36. The van der Waals surface area contributed by atoms with Crippen molar-refractivity contribution in [2.75, 3.05) is 6.61 Å². The molecule has 2 aromatic rings. The van der Waals surface area contributed by atoms with Crippen LogP contribution in [-0.4, -0.2) is 22.8 Å². The predicted octanol–water partition coefficient (Wildman–Crippen LogP) is 2.08. The van der Waals surface area contributed by atoms with Gasteiger partial charge in [-0.25, -0.2) is 0 Å². The summed E-state index contributed by atoms with van der Waals surface area (Å²) in [6, 6.07) is 11.5. The highest BCUT2D eigenvalue weighted by Gasteiger charge is 2.18. The second-order valence-corrected chi connectivity index (χ2v) is 5.04. The van der Waals surface area contributed by atoms with Crippen LogP contribution in [0, 0.1) is 6.92 Å². The van der Waals surface area contributed by atoms with Crippen LogP contribution >= 0.6 is 0 Å². The Hall–Kier alpha value is -2.56. The molecule has 0 aliphatic rings. The molecule has 0 aliphatic carbocycles. The lowest BCUT2D eigenvalue weighted by Crippen LogP contribution is -2.38. The van der Waals surface area contributed by atoms with E-state index < -0.39 is 5.97 Å². The Morgan fingerprint density at radius 2 is 1.95 bits per heavy atom. The summed E-state index contributed by atoms with van der Waals surface area (Å²) < 4.78 is 7.47. The van der Waals surface area contributed by atoms with Crippen LogP contribution in [0.4, 0.5) is 0 Å². The molecule has 116 valence electrons. The average molecular weight is 302 g/mol. The number of aromatic nitrogens is 1. The fraction of sp³-hybridized carbons (Fsp3) is 0.294. The van der Waals surface area contributed by atoms with Crippen molar-refractivity contribution < 1.29 is 24.3 Å². The van der Waals surface area contributed by atoms with Gasteiger partial charge in [-0.15, -0.1) is 0 Å². The summed E-state index contributed by atoms with van der Waals surface area (Å²) in [5, 5.41) is 18.7. The van der Waals surface area contributed by atoms with Crippen molar-refractivity contribution in [1.82, 2.24) is 0 Å². The topological polar surface area (TPSA) is 70.6 Å². The van der Waals surface area contributed by atoms with E-state index in [0.717, 1.165) is 12.0 Å². The quantitative estimate of drug-likeness (QED) is 0.768. The molecule has 0 saturated carbocycles. The second kappa shape index (κ2) is 7.45. The SMILES string of the molecule is Cc1c(OCCc2ccccc2)c(O)cc[n+]1CCC(=O)O. The zero-order valence-corrected chi connectivity index (χ0v) is 12.5. The molecule has 0 aliphatic heterocycles. The second-order valence-electron chi connectivity index (χ2n) is 5.04. The maximum atomic E-state index is 10.7. The largest absolute Gasteiger partial charge is 0.504 e. The highest BCUT2D eigenvalue weighted by Crippen LogP contribution is 2.27. The fourth-order valence-corrected chi connectivity index (χ4v) is 2.22. The average Bonchev–Trinajstić information content (AvgIpc) is 2.50. The molecule has 22 heavy (non-hydrogen) atoms. The van der Waals surface area contributed by atoms with Gasteiger partial charge in [0.15, 0.2) is 18.5 Å². The summed E-state index contributed by atoms with van der Waals surface area (Å²) >= 11 is 0. The normalized spacial score (nSPS) is 10.4. The van der Waals surface area contributed by atoms with E-state index in [9.17, 15) is 9.90 Å². The minimum absolute atomic E-state index is 0.0275. The number of nitrogens with zero attached hydrogens (tertiary/aromatic N) is 1. The molecule has 0 fully saturated rings. The van der Waals surface area contributed by atoms with Gasteiger partial charge in [-0.05, 0) is 5.56 Å². The summed E-state index contributed by atoms with van der Waals surface area (Å²) in [7, 11) is 0. The summed E-state index contributed by atoms with van der Waals surface area (Å²) in [5.74, 6) is -0.382. The number of hydrogen-bond donors (Lipinski definition) is 2. The molecule has 2 rings (SSSR count). The zero-order chi connectivity index (χ0) is 15.9. The number of aryl methyl sites for hydroxylation is 1. The van der Waals surface area contributed by atoms with Crippen LogP contribution in [-0.2, 0) is 17.8 Å². The molecule has 0 radical (unpaired) electrons. The molecule has 0 saturated heterocycles. The van der Waals surface area contributed by atoms with E-state index in [1.807, 2.05) is 30.3 Å². The van der Waals surface area contributed by atoms with Gasteiger partial charge in [0.1, 0.15) is 6.42 Å². The van der Waals surface area contributed by atoms with Crippen LogP contribution in [0.2, 0.25) is 0 Å². The Bertz CT molecular complexity index is 641. The third-order valence-corrected chi connectivity index (χ3v) is 3.45. The molecule has 0 amide bonds. The molecular formula is C17H20NO4+. The van der Waals surface area contributed by atoms with Crippen molar-refractivity contribution in [2.24, 2.45) is 0 Å². The van der Waals surface area contributed by atoms with Gasteiger partial charge in [-0.2, -0.15) is 4.57 Å². The minimum Gasteiger partial charge on any atom is -0.504 e. The number of carboxylic acids is 1. The smallest absolute Gasteiger partial charge is 0.309 e. The molecule has 1 heterocycles. The maximum Gasteiger partial charge on any atom is 0.309 e. The third-order valence-electron chi connectivity index (χ3n) is 3.45. The number of hydrogen-bond acceptors (Lipinski definition) is 3. The standard InChI is InChI=1S/C17H19NO4/c1-13-17(22-12-9-14-5-3-2-4-6-14)15(19)7-10-18(13)11-8-16(20)21/h2-7,10H,8-9,11-12H2,1H3,(H,20,21)/p+1. The van der Waals surface area contributed by atoms with Crippen molar-refractivity contribution in [1.29, 1.82) is 0 Å². The number of benzene rings is 1. The highest BCUT2D eigenvalue weighted by atomic mass is 16.5. The van der Waals surface area contributed by atoms with Crippen molar-refractivity contribution >= 4 is 5.97 Å². The molecule has 5 heteroatoms. The van der Waals surface area contributed by atoms with Crippen molar-refractivity contribution in [3.8, 4) is 11.5 Å². The first-order valence-electron chi connectivity index (χ1n) is 7.18. The van der Waals surface area contributed by atoms with Crippen LogP contribution in [0.3, 0.4) is 0 Å². The Morgan fingerprint density at radius 1 is 1.23 bits per heavy atom. The molecule has 0 spiro atoms. The fourth-order valence-electron chi connectivity index (χ4n) is 2.22. The predicted molar refractivity (Wildman–Crippen MR) is 80.9 cm³/mol. The lowest BCUT2D eigenvalue weighted by atomic mass is 10.2. The van der Waals surface area contributed by atoms with E-state index >= 15 is 0 Å². The summed E-state index contributed by atoms with van der Waals surface area (Å²) in [5.41, 5.74) is 1.88. The summed E-state index contributed by atoms with van der Waals surface area (Å²) in [4.78, 5) is 10.7. The summed E-state index contributed by atoms with van der Waals surface area (Å²) in [6.07, 6.45) is 2.43. The Labute approximate surface area is 129 Å². The highest BCUT2D eigenvalue weighted by molar-refractivity contribution is 5.66. The van der Waals surface area contributed by atoms with E-state index in [4.69, 9.17) is 9.84 Å². The van der Waals surface area contributed by atoms with Crippen LogP contribution in [0.1, 0.15) is 17.7 Å². The van der Waals surface area contributed by atoms with Crippen LogP contribution in [0.15, 0.2) is 42.6 Å². The zero-order valence-electron chi connectivity index (χ0n) is 12.5. The number of aliphatic carboxylic acids is 1. The van der Waals surface area contributed by atoms with Crippen molar-refractivity contribution in [3.63, 3.8) is 0 Å². The molecule has 5 nitrogen and oxygen atoms in total. The van der Waals surface area contributed by atoms with E-state index in [0.29, 0.717) is 24.6 Å². The van der Waals surface area contributed by atoms with Crippen LogP contribution in [0.5, 0.6) is 11.5 Å². The number of rotatable bonds is 7. The molecule has 2 N–H and O–H groups in total. The van der Waals surface area contributed by atoms with Gasteiger partial charge in [0, 0.05) is 19.4 Å². The minimum atomic E-state index is -0.855. The Balaban J connectivity index is 2.03. The van der Waals surface area contributed by atoms with Crippen molar-refractivity contribution in [2.45, 2.75) is 26.3 Å². The maximum absolute atomic E-state index is 10.7. The molecule has 0 unspecified atom stereocenters. The Morgan fingerprint density at radius 3 is 2.64 bits per heavy atom. The van der Waals surface area contributed by atoms with Gasteiger partial charge in [0.2, 0.25) is 11.4 Å². The molecule has 1 aromatic carbocycles. The number of pyridine rings is 1. The number of aromatic hydroxyl groups is 1. The van der Waals surface area contributed by atoms with Crippen molar-refractivity contribution in [3.05, 3.63) is 53.9 Å².